The van der Waals surface area contributed by atoms with Gasteiger partial charge in [0, 0.05) is 18.2 Å². The molecule has 1 atom stereocenters. The third-order valence-corrected chi connectivity index (χ3v) is 4.77. The summed E-state index contributed by atoms with van der Waals surface area (Å²) in [5, 5.41) is 0. The second-order valence-electron chi connectivity index (χ2n) is 6.61. The summed E-state index contributed by atoms with van der Waals surface area (Å²) in [7, 11) is 1.57. The average Bonchev–Trinajstić information content (AvgIpc) is 3.32. The second-order valence-corrected chi connectivity index (χ2v) is 6.61. The molecular formula is C17H21FN2O4. The molecule has 1 aromatic rings. The molecular weight excluding hydrogens is 315 g/mol. The predicted octanol–water partition coefficient (Wildman–Crippen LogP) is 1.46. The number of ether oxygens (including phenoxy) is 2. The van der Waals surface area contributed by atoms with Gasteiger partial charge in [0.1, 0.15) is 18.2 Å². The van der Waals surface area contributed by atoms with Gasteiger partial charge in [0.05, 0.1) is 24.6 Å². The lowest BCUT2D eigenvalue weighted by molar-refractivity contribution is -0.142. The minimum Gasteiger partial charge on any atom is -0.491 e. The molecule has 0 bridgehead atoms. The Labute approximate surface area is 139 Å². The first kappa shape index (κ1) is 16.7. The van der Waals surface area contributed by atoms with Gasteiger partial charge in [0.25, 0.3) is 0 Å². The molecule has 1 aromatic carbocycles. The fourth-order valence-electron chi connectivity index (χ4n) is 3.09. The summed E-state index contributed by atoms with van der Waals surface area (Å²) in [4.78, 5) is 25.9. The number of halogens is 1. The molecule has 1 fully saturated rings. The van der Waals surface area contributed by atoms with Crippen LogP contribution in [0.1, 0.15) is 35.7 Å². The number of hydrogen-bond donors (Lipinski definition) is 1. The Morgan fingerprint density at radius 3 is 2.75 bits per heavy atom. The van der Waals surface area contributed by atoms with Gasteiger partial charge < -0.3 is 20.1 Å². The first-order valence-corrected chi connectivity index (χ1v) is 7.93. The van der Waals surface area contributed by atoms with Gasteiger partial charge in [-0.1, -0.05) is 0 Å². The summed E-state index contributed by atoms with van der Waals surface area (Å²) in [6.45, 7) is 2.56. The number of nitrogens with zero attached hydrogens (tertiary/aromatic N) is 1. The minimum atomic E-state index is -0.720. The zero-order chi connectivity index (χ0) is 17.5. The van der Waals surface area contributed by atoms with Crippen LogP contribution in [0, 0.1) is 11.2 Å². The van der Waals surface area contributed by atoms with Crippen LogP contribution in [-0.2, 0) is 16.1 Å². The molecule has 2 N–H and O–H groups in total. The highest BCUT2D eigenvalue weighted by Crippen LogP contribution is 2.48. The highest BCUT2D eigenvalue weighted by atomic mass is 19.1. The first-order valence-electron chi connectivity index (χ1n) is 7.93. The molecule has 1 heterocycles. The molecule has 1 aliphatic heterocycles. The summed E-state index contributed by atoms with van der Waals surface area (Å²) in [6.07, 6.45) is 1.55. The molecule has 1 saturated carbocycles. The molecule has 2 aliphatic rings. The molecule has 0 radical (unpaired) electrons. The van der Waals surface area contributed by atoms with E-state index in [9.17, 15) is 14.0 Å². The molecule has 0 spiro atoms. The van der Waals surface area contributed by atoms with Gasteiger partial charge in [0.15, 0.2) is 0 Å². The van der Waals surface area contributed by atoms with Crippen LogP contribution in [0.3, 0.4) is 0 Å². The molecule has 0 saturated heterocycles. The lowest BCUT2D eigenvalue weighted by Gasteiger charge is -2.30. The Bertz CT molecular complexity index is 687. The van der Waals surface area contributed by atoms with E-state index in [2.05, 4.69) is 0 Å². The maximum absolute atomic E-state index is 14.4. The van der Waals surface area contributed by atoms with E-state index in [-0.39, 0.29) is 42.0 Å². The van der Waals surface area contributed by atoms with Crippen molar-refractivity contribution in [1.82, 2.24) is 4.90 Å². The quantitative estimate of drug-likeness (QED) is 0.902. The van der Waals surface area contributed by atoms with Gasteiger partial charge in [-0.3, -0.25) is 9.59 Å². The monoisotopic (exact) mass is 336 g/mol. The van der Waals surface area contributed by atoms with Crippen molar-refractivity contribution in [3.63, 3.8) is 0 Å². The Morgan fingerprint density at radius 2 is 2.17 bits per heavy atom. The van der Waals surface area contributed by atoms with Crippen LogP contribution in [-0.4, -0.2) is 43.1 Å². The number of nitrogens with two attached hydrogens (primary N) is 1. The third kappa shape index (κ3) is 2.84. The standard InChI is InChI=1S/C17H21FN2O4/c1-10-8-24-14-6-11(15(19)21)5-13(18)12(14)7-20(10)16(22)17(3-4-17)9-23-2/h5-6,10H,3-4,7-9H2,1-2H3,(H2,19,21)/t10-/m0/s1. The van der Waals surface area contributed by atoms with Crippen molar-refractivity contribution in [2.45, 2.75) is 32.4 Å². The number of hydrogen-bond acceptors (Lipinski definition) is 4. The highest BCUT2D eigenvalue weighted by Gasteiger charge is 2.52. The number of benzene rings is 1. The van der Waals surface area contributed by atoms with Gasteiger partial charge in [0.2, 0.25) is 11.8 Å². The summed E-state index contributed by atoms with van der Waals surface area (Å²) in [5.41, 5.74) is 5.05. The second kappa shape index (κ2) is 6.05. The van der Waals surface area contributed by atoms with Crippen molar-refractivity contribution in [2.24, 2.45) is 11.1 Å². The van der Waals surface area contributed by atoms with Gasteiger partial charge >= 0.3 is 0 Å². The maximum atomic E-state index is 14.4. The Balaban J connectivity index is 1.92. The van der Waals surface area contributed by atoms with Crippen LogP contribution in [0.15, 0.2) is 12.1 Å². The Kier molecular flexibility index (Phi) is 4.21. The van der Waals surface area contributed by atoms with E-state index in [1.54, 1.807) is 12.0 Å². The van der Waals surface area contributed by atoms with Crippen molar-refractivity contribution in [3.05, 3.63) is 29.1 Å². The number of methoxy groups -OCH3 is 1. The Hall–Kier alpha value is -2.15. The van der Waals surface area contributed by atoms with Crippen LogP contribution in [0.25, 0.3) is 0 Å². The number of carbonyl (C=O) groups excluding carboxylic acids is 2. The van der Waals surface area contributed by atoms with E-state index in [1.807, 2.05) is 6.92 Å². The summed E-state index contributed by atoms with van der Waals surface area (Å²) >= 11 is 0. The van der Waals surface area contributed by atoms with Crippen molar-refractivity contribution in [1.29, 1.82) is 0 Å². The number of amides is 2. The first-order chi connectivity index (χ1) is 11.4. The molecule has 0 aromatic heterocycles. The SMILES string of the molecule is COCC1(C(=O)N2Cc3c(F)cc(C(N)=O)cc3OC[C@@H]2C)CC1. The molecule has 0 unspecified atom stereocenters. The van der Waals surface area contributed by atoms with Gasteiger partial charge in [-0.15, -0.1) is 0 Å². The minimum absolute atomic E-state index is 0.0355. The molecule has 24 heavy (non-hydrogen) atoms. The van der Waals surface area contributed by atoms with Crippen LogP contribution < -0.4 is 10.5 Å². The van der Waals surface area contributed by atoms with Crippen LogP contribution in [0.4, 0.5) is 4.39 Å². The number of fused-ring (bicyclic) bond motifs is 1. The van der Waals surface area contributed by atoms with Crippen LogP contribution >= 0.6 is 0 Å². The smallest absolute Gasteiger partial charge is 0.248 e. The van der Waals surface area contributed by atoms with E-state index in [4.69, 9.17) is 15.2 Å². The van der Waals surface area contributed by atoms with E-state index >= 15 is 0 Å². The van der Waals surface area contributed by atoms with E-state index in [1.165, 1.54) is 6.07 Å². The van der Waals surface area contributed by atoms with Gasteiger partial charge in [-0.05, 0) is 31.9 Å². The summed E-state index contributed by atoms with van der Waals surface area (Å²) in [6, 6.07) is 2.31. The summed E-state index contributed by atoms with van der Waals surface area (Å²) < 4.78 is 25.3. The van der Waals surface area contributed by atoms with Gasteiger partial charge in [-0.25, -0.2) is 4.39 Å². The molecule has 2 amide bonds. The molecule has 1 aliphatic carbocycles. The van der Waals surface area contributed by atoms with Crippen molar-refractivity contribution < 1.29 is 23.5 Å². The molecule has 6 nitrogen and oxygen atoms in total. The largest absolute Gasteiger partial charge is 0.491 e. The lowest BCUT2D eigenvalue weighted by atomic mass is 10.0. The Morgan fingerprint density at radius 1 is 1.46 bits per heavy atom. The molecule has 3 rings (SSSR count). The molecule has 130 valence electrons. The number of carbonyl (C=O) groups is 2. The summed E-state index contributed by atoms with van der Waals surface area (Å²) in [5.74, 6) is -1.08. The normalized spacial score (nSPS) is 21.5. The zero-order valence-electron chi connectivity index (χ0n) is 13.8. The van der Waals surface area contributed by atoms with E-state index in [0.29, 0.717) is 6.61 Å². The van der Waals surface area contributed by atoms with E-state index in [0.717, 1.165) is 18.9 Å². The molecule has 7 heteroatoms. The fourth-order valence-corrected chi connectivity index (χ4v) is 3.09. The highest BCUT2D eigenvalue weighted by molar-refractivity contribution is 5.93. The number of rotatable bonds is 4. The van der Waals surface area contributed by atoms with Crippen LogP contribution in [0.5, 0.6) is 5.75 Å². The van der Waals surface area contributed by atoms with Crippen molar-refractivity contribution in [3.8, 4) is 5.75 Å². The topological polar surface area (TPSA) is 81.9 Å². The van der Waals surface area contributed by atoms with Crippen molar-refractivity contribution in [2.75, 3.05) is 20.3 Å². The lowest BCUT2D eigenvalue weighted by Crippen LogP contribution is -2.45. The van der Waals surface area contributed by atoms with Crippen LogP contribution in [0.2, 0.25) is 0 Å². The van der Waals surface area contributed by atoms with Gasteiger partial charge in [-0.2, -0.15) is 0 Å². The fraction of sp³-hybridized carbons (Fsp3) is 0.529. The third-order valence-electron chi connectivity index (χ3n) is 4.77. The predicted molar refractivity (Wildman–Crippen MR) is 84.0 cm³/mol. The van der Waals surface area contributed by atoms with E-state index < -0.39 is 17.1 Å². The maximum Gasteiger partial charge on any atom is 0.248 e. The zero-order valence-corrected chi connectivity index (χ0v) is 13.8. The van der Waals surface area contributed by atoms with Crippen molar-refractivity contribution >= 4 is 11.8 Å². The number of primary amides is 1. The average molecular weight is 336 g/mol.